The third-order valence-corrected chi connectivity index (χ3v) is 3.77. The molecule has 3 N–H and O–H groups in total. The van der Waals surface area contributed by atoms with Gasteiger partial charge in [0.15, 0.2) is 0 Å². The van der Waals surface area contributed by atoms with Gasteiger partial charge in [0.05, 0.1) is 6.61 Å². The van der Waals surface area contributed by atoms with Gasteiger partial charge in [0.25, 0.3) is 5.91 Å². The Hall–Kier alpha value is -1.82. The molecular weight excluding hydrogens is 296 g/mol. The third-order valence-electron chi connectivity index (χ3n) is 3.77. The van der Waals surface area contributed by atoms with Crippen molar-refractivity contribution in [2.45, 2.75) is 58.9 Å². The molecule has 1 rings (SSSR count). The molecule has 1 unspecified atom stereocenters. The highest BCUT2D eigenvalue weighted by molar-refractivity contribution is 5.93. The smallest absolute Gasteiger partial charge is 0.291 e. The van der Waals surface area contributed by atoms with Gasteiger partial charge in [-0.25, -0.2) is 0 Å². The van der Waals surface area contributed by atoms with E-state index < -0.39 is 5.91 Å². The van der Waals surface area contributed by atoms with Crippen LogP contribution in [0.25, 0.3) is 0 Å². The number of ether oxygens (including phenoxy) is 1. The first kappa shape index (κ1) is 19.2. The van der Waals surface area contributed by atoms with E-state index >= 15 is 0 Å². The fraction of sp³-hybridized carbons (Fsp3) is 0.647. The fourth-order valence-corrected chi connectivity index (χ4v) is 1.92. The van der Waals surface area contributed by atoms with Crippen LogP contribution in [-0.4, -0.2) is 24.6 Å². The SMILES string of the molecule is CCCCOc1c(C(=O)NCCC(C)(N)CC)oc(C)cc1=O. The maximum Gasteiger partial charge on any atom is 0.291 e. The van der Waals surface area contributed by atoms with Gasteiger partial charge in [0.1, 0.15) is 5.76 Å². The second kappa shape index (κ2) is 8.72. The number of hydrogen-bond acceptors (Lipinski definition) is 5. The lowest BCUT2D eigenvalue weighted by Gasteiger charge is -2.22. The number of unbranched alkanes of at least 4 members (excludes halogenated alkanes) is 1. The molecule has 0 aromatic carbocycles. The highest BCUT2D eigenvalue weighted by Gasteiger charge is 2.21. The Kier molecular flexibility index (Phi) is 7.29. The van der Waals surface area contributed by atoms with Gasteiger partial charge in [0.2, 0.25) is 16.9 Å². The fourth-order valence-electron chi connectivity index (χ4n) is 1.92. The molecule has 130 valence electrons. The Labute approximate surface area is 137 Å². The van der Waals surface area contributed by atoms with E-state index in [1.165, 1.54) is 6.07 Å². The molecule has 1 aromatic rings. The van der Waals surface area contributed by atoms with Gasteiger partial charge >= 0.3 is 0 Å². The number of carbonyl (C=O) groups is 1. The van der Waals surface area contributed by atoms with Gasteiger partial charge in [0, 0.05) is 18.2 Å². The predicted molar refractivity (Wildman–Crippen MR) is 90.0 cm³/mol. The van der Waals surface area contributed by atoms with Gasteiger partial charge < -0.3 is 20.2 Å². The van der Waals surface area contributed by atoms with Crippen LogP contribution in [0.3, 0.4) is 0 Å². The number of aryl methyl sites for hydroxylation is 1. The van der Waals surface area contributed by atoms with Crippen LogP contribution in [0.2, 0.25) is 0 Å². The van der Waals surface area contributed by atoms with E-state index in [1.54, 1.807) is 6.92 Å². The minimum absolute atomic E-state index is 0.0208. The lowest BCUT2D eigenvalue weighted by atomic mass is 9.96. The summed E-state index contributed by atoms with van der Waals surface area (Å²) >= 11 is 0. The summed E-state index contributed by atoms with van der Waals surface area (Å²) in [7, 11) is 0. The van der Waals surface area contributed by atoms with E-state index in [2.05, 4.69) is 5.32 Å². The van der Waals surface area contributed by atoms with Crippen LogP contribution < -0.4 is 21.2 Å². The maximum absolute atomic E-state index is 12.3. The standard InChI is InChI=1S/C17H28N2O4/c1-5-7-10-22-14-13(20)11-12(3)23-15(14)16(21)19-9-8-17(4,18)6-2/h11H,5-10,18H2,1-4H3,(H,19,21). The molecule has 1 aromatic heterocycles. The Morgan fingerprint density at radius 2 is 2.13 bits per heavy atom. The van der Waals surface area contributed by atoms with Crippen molar-refractivity contribution in [2.75, 3.05) is 13.2 Å². The second-order valence-corrected chi connectivity index (χ2v) is 6.10. The van der Waals surface area contributed by atoms with Crippen molar-refractivity contribution in [3.63, 3.8) is 0 Å². The minimum Gasteiger partial charge on any atom is -0.486 e. The largest absolute Gasteiger partial charge is 0.486 e. The molecule has 0 saturated carbocycles. The Morgan fingerprint density at radius 3 is 2.74 bits per heavy atom. The average Bonchev–Trinajstić information content (AvgIpc) is 2.48. The third kappa shape index (κ3) is 6.06. The van der Waals surface area contributed by atoms with E-state index in [1.807, 2.05) is 20.8 Å². The lowest BCUT2D eigenvalue weighted by Crippen LogP contribution is -2.39. The number of amides is 1. The van der Waals surface area contributed by atoms with Crippen LogP contribution in [0.4, 0.5) is 0 Å². The zero-order valence-electron chi connectivity index (χ0n) is 14.5. The van der Waals surface area contributed by atoms with E-state index in [-0.39, 0.29) is 22.5 Å². The monoisotopic (exact) mass is 324 g/mol. The normalized spacial score (nSPS) is 13.4. The summed E-state index contributed by atoms with van der Waals surface area (Å²) in [5, 5.41) is 2.74. The van der Waals surface area contributed by atoms with Crippen molar-refractivity contribution in [3.8, 4) is 5.75 Å². The summed E-state index contributed by atoms with van der Waals surface area (Å²) < 4.78 is 10.9. The molecule has 1 heterocycles. The van der Waals surface area contributed by atoms with Crippen molar-refractivity contribution >= 4 is 5.91 Å². The van der Waals surface area contributed by atoms with E-state index in [0.717, 1.165) is 19.3 Å². The first-order valence-electron chi connectivity index (χ1n) is 8.15. The molecule has 0 aliphatic carbocycles. The zero-order valence-corrected chi connectivity index (χ0v) is 14.5. The summed E-state index contributed by atoms with van der Waals surface area (Å²) in [4.78, 5) is 24.4. The molecular formula is C17H28N2O4. The number of nitrogens with one attached hydrogen (secondary N) is 1. The number of nitrogens with two attached hydrogens (primary N) is 1. The van der Waals surface area contributed by atoms with E-state index in [0.29, 0.717) is 25.3 Å². The number of rotatable bonds is 9. The van der Waals surface area contributed by atoms with Crippen LogP contribution >= 0.6 is 0 Å². The molecule has 0 bridgehead atoms. The Bertz CT molecular complexity index is 578. The van der Waals surface area contributed by atoms with Crippen molar-refractivity contribution in [3.05, 3.63) is 27.8 Å². The lowest BCUT2D eigenvalue weighted by molar-refractivity contribution is 0.0911. The summed E-state index contributed by atoms with van der Waals surface area (Å²) in [6.07, 6.45) is 3.19. The molecule has 0 aliphatic heterocycles. The van der Waals surface area contributed by atoms with Crippen LogP contribution in [-0.2, 0) is 0 Å². The maximum atomic E-state index is 12.3. The highest BCUT2D eigenvalue weighted by Crippen LogP contribution is 2.16. The number of hydrogen-bond donors (Lipinski definition) is 2. The predicted octanol–water partition coefficient (Wildman–Crippen LogP) is 2.37. The molecule has 0 aliphatic rings. The van der Waals surface area contributed by atoms with Gasteiger partial charge in [-0.05, 0) is 33.1 Å². The van der Waals surface area contributed by atoms with Crippen LogP contribution in [0.15, 0.2) is 15.3 Å². The van der Waals surface area contributed by atoms with Gasteiger partial charge in [-0.15, -0.1) is 0 Å². The first-order valence-corrected chi connectivity index (χ1v) is 8.15. The Morgan fingerprint density at radius 1 is 1.43 bits per heavy atom. The molecule has 1 atom stereocenters. The molecule has 1 amide bonds. The van der Waals surface area contributed by atoms with Crippen molar-refractivity contribution in [2.24, 2.45) is 5.73 Å². The van der Waals surface area contributed by atoms with Gasteiger partial charge in [-0.1, -0.05) is 20.3 Å². The molecule has 0 radical (unpaired) electrons. The topological polar surface area (TPSA) is 94.6 Å². The Balaban J connectivity index is 2.84. The van der Waals surface area contributed by atoms with Crippen LogP contribution in [0, 0.1) is 6.92 Å². The summed E-state index contributed by atoms with van der Waals surface area (Å²) in [6, 6.07) is 1.33. The van der Waals surface area contributed by atoms with Crippen molar-refractivity contribution < 1.29 is 13.9 Å². The second-order valence-electron chi connectivity index (χ2n) is 6.10. The zero-order chi connectivity index (χ0) is 17.5. The average molecular weight is 324 g/mol. The van der Waals surface area contributed by atoms with E-state index in [9.17, 15) is 9.59 Å². The van der Waals surface area contributed by atoms with Gasteiger partial charge in [-0.2, -0.15) is 0 Å². The molecule has 0 spiro atoms. The van der Waals surface area contributed by atoms with E-state index in [4.69, 9.17) is 14.9 Å². The molecule has 6 heteroatoms. The quantitative estimate of drug-likeness (QED) is 0.680. The molecule has 0 saturated heterocycles. The van der Waals surface area contributed by atoms with Gasteiger partial charge in [-0.3, -0.25) is 9.59 Å². The molecule has 0 fully saturated rings. The van der Waals surface area contributed by atoms with Crippen LogP contribution in [0.1, 0.15) is 62.8 Å². The summed E-state index contributed by atoms with van der Waals surface area (Å²) in [6.45, 7) is 8.37. The molecule has 23 heavy (non-hydrogen) atoms. The highest BCUT2D eigenvalue weighted by atomic mass is 16.5. The number of carbonyl (C=O) groups excluding carboxylic acids is 1. The molecule has 6 nitrogen and oxygen atoms in total. The van der Waals surface area contributed by atoms with Crippen molar-refractivity contribution in [1.82, 2.24) is 5.32 Å². The van der Waals surface area contributed by atoms with Crippen LogP contribution in [0.5, 0.6) is 5.75 Å². The summed E-state index contributed by atoms with van der Waals surface area (Å²) in [5.74, 6) is -0.168. The summed E-state index contributed by atoms with van der Waals surface area (Å²) in [5.41, 5.74) is 5.38. The first-order chi connectivity index (χ1) is 10.8. The van der Waals surface area contributed by atoms with Crippen molar-refractivity contribution in [1.29, 1.82) is 0 Å². The minimum atomic E-state index is -0.454.